The van der Waals surface area contributed by atoms with Crippen molar-refractivity contribution in [2.75, 3.05) is 0 Å². The molecule has 0 unspecified atom stereocenters. The highest BCUT2D eigenvalue weighted by Gasteiger charge is 1.68. The van der Waals surface area contributed by atoms with Crippen molar-refractivity contribution in [2.45, 2.75) is 0 Å². The van der Waals surface area contributed by atoms with Crippen LogP contribution >= 0.6 is 0 Å². The molecule has 0 spiro atoms. The van der Waals surface area contributed by atoms with E-state index in [1.54, 1.807) is 12.7 Å². The summed E-state index contributed by atoms with van der Waals surface area (Å²) in [4.78, 5) is 4.19. The maximum Gasteiger partial charge on any atom is 0.262 e. The number of nitrogens with zero attached hydrogens (tertiary/aromatic N) is 4. The first kappa shape index (κ1) is 6.45. The quantitative estimate of drug-likeness (QED) is 0.287. The van der Waals surface area contributed by atoms with Crippen LogP contribution in [0, 0.1) is 0 Å². The molecule has 0 saturated heterocycles. The van der Waals surface area contributed by atoms with Crippen molar-refractivity contribution in [3.8, 4) is 0 Å². The highest BCUT2D eigenvalue weighted by atomic mass is 15.2. The zero-order valence-corrected chi connectivity index (χ0v) is 3.94. The van der Waals surface area contributed by atoms with Crippen LogP contribution in [0.25, 0.3) is 16.0 Å². The summed E-state index contributed by atoms with van der Waals surface area (Å²) < 4.78 is 0. The van der Waals surface area contributed by atoms with Crippen molar-refractivity contribution in [3.05, 3.63) is 28.6 Å². The second kappa shape index (κ2) is 5.45. The maximum atomic E-state index is 6.75. The van der Waals surface area contributed by atoms with E-state index >= 15 is 0 Å². The third kappa shape index (κ3) is 4.45. The van der Waals surface area contributed by atoms with E-state index in [1.165, 1.54) is 4.91 Å². The van der Waals surface area contributed by atoms with Crippen LogP contribution in [0.3, 0.4) is 0 Å². The Kier molecular flexibility index (Phi) is 4.39. The molecule has 0 aliphatic carbocycles. The summed E-state index contributed by atoms with van der Waals surface area (Å²) in [6, 6.07) is 0. The number of aromatic amines is 2. The van der Waals surface area contributed by atoms with E-state index in [4.69, 9.17) is 11.1 Å². The summed E-state index contributed by atoms with van der Waals surface area (Å²) in [6.07, 6.45) is 3.21. The Morgan fingerprint density at radius 2 is 2.25 bits per heavy atom. The molecule has 0 radical (unpaired) electrons. The molecule has 0 aliphatic heterocycles. The monoisotopic (exact) mass is 112 g/mol. The lowest BCUT2D eigenvalue weighted by Crippen LogP contribution is -1.88. The van der Waals surface area contributed by atoms with E-state index in [1.807, 2.05) is 0 Å². The third-order valence-corrected chi connectivity index (χ3v) is 0.362. The number of aromatic nitrogens is 3. The molecule has 0 aromatic carbocycles. The second-order valence-corrected chi connectivity index (χ2v) is 0.788. The fourth-order valence-corrected chi connectivity index (χ4v) is 0.186. The maximum absolute atomic E-state index is 6.75. The fourth-order valence-electron chi connectivity index (χ4n) is 0.186. The lowest BCUT2D eigenvalue weighted by molar-refractivity contribution is -0.377. The minimum atomic E-state index is 1.50. The van der Waals surface area contributed by atoms with Crippen LogP contribution in [0.4, 0.5) is 0 Å². The molecule has 0 fully saturated rings. The molecule has 1 heterocycles. The molecule has 6 nitrogen and oxygen atoms in total. The lowest BCUT2D eigenvalue weighted by Gasteiger charge is -1.34. The van der Waals surface area contributed by atoms with Gasteiger partial charge in [-0.25, -0.2) is 0 Å². The standard InChI is InChI=1S/C2H3N3.N3/c1-3-2-5-4-1;1-3-2/h1-2H,(H,3,4,5);/q;-1/p+1. The SMILES string of the molecule is [N-]=[N+]=[N-].c1n[nH]c[nH+]1. The summed E-state index contributed by atoms with van der Waals surface area (Å²) in [5.74, 6) is 0. The minimum Gasteiger partial charge on any atom is -0.373 e. The smallest absolute Gasteiger partial charge is 0.262 e. The molecule has 0 bridgehead atoms. The minimum absolute atomic E-state index is 1.50. The molecule has 1 aromatic rings. The van der Waals surface area contributed by atoms with Gasteiger partial charge in [0, 0.05) is 5.10 Å². The Morgan fingerprint density at radius 1 is 1.62 bits per heavy atom. The average molecular weight is 112 g/mol. The number of hydrogen-bond acceptors (Lipinski definition) is 1. The van der Waals surface area contributed by atoms with Crippen LogP contribution in [-0.4, -0.2) is 10.2 Å². The van der Waals surface area contributed by atoms with Crippen LogP contribution in [0.2, 0.25) is 0 Å². The number of H-pyrrole nitrogens is 2. The van der Waals surface area contributed by atoms with Gasteiger partial charge < -0.3 is 11.1 Å². The van der Waals surface area contributed by atoms with Gasteiger partial charge >= 0.3 is 0 Å². The zero-order valence-electron chi connectivity index (χ0n) is 3.94. The number of nitrogens with one attached hydrogen (secondary N) is 2. The zero-order chi connectivity index (χ0) is 6.24. The Morgan fingerprint density at radius 3 is 2.38 bits per heavy atom. The summed E-state index contributed by atoms with van der Waals surface area (Å²) in [7, 11) is 0. The topological polar surface area (TPSA) is 102 Å². The van der Waals surface area contributed by atoms with Crippen LogP contribution in [-0.2, 0) is 0 Å². The molecule has 1 rings (SSSR count). The molecule has 0 amide bonds. The highest BCUT2D eigenvalue weighted by Crippen LogP contribution is 1.41. The van der Waals surface area contributed by atoms with E-state index in [0.29, 0.717) is 0 Å². The summed E-state index contributed by atoms with van der Waals surface area (Å²) in [5.41, 5.74) is 13.5. The number of rotatable bonds is 0. The molecule has 8 heavy (non-hydrogen) atoms. The Hall–Kier alpha value is -1.55. The van der Waals surface area contributed by atoms with E-state index in [-0.39, 0.29) is 0 Å². The molecule has 2 N–H and O–H groups in total. The van der Waals surface area contributed by atoms with E-state index in [2.05, 4.69) is 15.2 Å². The van der Waals surface area contributed by atoms with Gasteiger partial charge in [0.25, 0.3) is 6.33 Å². The average Bonchev–Trinajstić information content (AvgIpc) is 2.17. The van der Waals surface area contributed by atoms with Crippen molar-refractivity contribution in [3.63, 3.8) is 0 Å². The molecular weight excluding hydrogens is 108 g/mol. The van der Waals surface area contributed by atoms with Crippen LogP contribution in [0.15, 0.2) is 12.7 Å². The highest BCUT2D eigenvalue weighted by molar-refractivity contribution is 4.36. The van der Waals surface area contributed by atoms with Crippen molar-refractivity contribution in [1.82, 2.24) is 10.2 Å². The van der Waals surface area contributed by atoms with Gasteiger partial charge in [-0.3, -0.25) is 9.90 Å². The number of hydrogen-bond donors (Lipinski definition) is 1. The van der Waals surface area contributed by atoms with Gasteiger partial charge in [0.15, 0.2) is 0 Å². The first-order valence-corrected chi connectivity index (χ1v) is 1.75. The summed E-state index contributed by atoms with van der Waals surface area (Å²) >= 11 is 0. The van der Waals surface area contributed by atoms with Gasteiger partial charge in [-0.15, -0.1) is 5.10 Å². The van der Waals surface area contributed by atoms with Crippen molar-refractivity contribution in [1.29, 1.82) is 0 Å². The summed E-state index contributed by atoms with van der Waals surface area (Å²) in [6.45, 7) is 0. The van der Waals surface area contributed by atoms with Crippen LogP contribution < -0.4 is 4.98 Å². The first-order valence-electron chi connectivity index (χ1n) is 1.75. The van der Waals surface area contributed by atoms with Gasteiger partial charge in [-0.2, -0.15) is 0 Å². The first-order chi connectivity index (χ1) is 3.91. The molecule has 6 heteroatoms. The second-order valence-electron chi connectivity index (χ2n) is 0.788. The summed E-state index contributed by atoms with van der Waals surface area (Å²) in [5, 5.41) is 6.10. The van der Waals surface area contributed by atoms with Crippen molar-refractivity contribution >= 4 is 0 Å². The van der Waals surface area contributed by atoms with E-state index in [0.717, 1.165) is 0 Å². The molecule has 42 valence electrons. The van der Waals surface area contributed by atoms with Gasteiger partial charge in [0.1, 0.15) is 0 Å². The van der Waals surface area contributed by atoms with Gasteiger partial charge in [0.05, 0.1) is 0 Å². The molecule has 1 aromatic heterocycles. The normalized spacial score (nSPS) is 6.00. The van der Waals surface area contributed by atoms with Crippen molar-refractivity contribution < 1.29 is 4.98 Å². The Labute approximate surface area is 45.0 Å². The molecular formula is C2H4N6. The van der Waals surface area contributed by atoms with Crippen LogP contribution in [0.1, 0.15) is 0 Å². The lowest BCUT2D eigenvalue weighted by atomic mass is 11.3. The molecule has 0 aliphatic rings. The third-order valence-electron chi connectivity index (χ3n) is 0.362. The Bertz CT molecular complexity index is 118. The molecule has 0 saturated carbocycles. The van der Waals surface area contributed by atoms with E-state index in [9.17, 15) is 0 Å². The predicted octanol–water partition coefficient (Wildman–Crippen LogP) is 0.0899. The molecule has 0 atom stereocenters. The largest absolute Gasteiger partial charge is 0.373 e. The van der Waals surface area contributed by atoms with E-state index < -0.39 is 0 Å². The fraction of sp³-hybridized carbons (Fsp3) is 0. The van der Waals surface area contributed by atoms with Gasteiger partial charge in [-0.05, 0) is 0 Å². The van der Waals surface area contributed by atoms with Crippen molar-refractivity contribution in [2.24, 2.45) is 0 Å². The van der Waals surface area contributed by atoms with Gasteiger partial charge in [0.2, 0.25) is 6.33 Å². The van der Waals surface area contributed by atoms with Gasteiger partial charge in [-0.1, -0.05) is 0 Å². The van der Waals surface area contributed by atoms with Crippen LogP contribution in [0.5, 0.6) is 0 Å². The predicted molar refractivity (Wildman–Crippen MR) is 25.2 cm³/mol. The Balaban J connectivity index is 0.000000145.